The molecule has 1 amide bonds. The van der Waals surface area contributed by atoms with E-state index in [9.17, 15) is 20.0 Å². The summed E-state index contributed by atoms with van der Waals surface area (Å²) < 4.78 is 12.9. The lowest BCUT2D eigenvalue weighted by atomic mass is 9.72. The normalized spacial score (nSPS) is 18.1. The van der Waals surface area contributed by atoms with Crippen LogP contribution in [0.5, 0.6) is 11.5 Å². The summed E-state index contributed by atoms with van der Waals surface area (Å²) in [7, 11) is 0. The van der Waals surface area contributed by atoms with Crippen molar-refractivity contribution in [3.63, 3.8) is 0 Å². The van der Waals surface area contributed by atoms with Gasteiger partial charge >= 0.3 is 0 Å². The number of amides is 1. The Balaban J connectivity index is 1.66. The lowest BCUT2D eigenvalue weighted by Gasteiger charge is -2.35. The first-order valence-electron chi connectivity index (χ1n) is 15.0. The van der Waals surface area contributed by atoms with Crippen LogP contribution in [0.4, 0.5) is 0 Å². The minimum Gasteiger partial charge on any atom is -0.490 e. The molecule has 4 rings (SSSR count). The second-order valence-corrected chi connectivity index (χ2v) is 11.8. The third-order valence-corrected chi connectivity index (χ3v) is 8.58. The molecule has 2 aromatic carbocycles. The zero-order valence-corrected chi connectivity index (χ0v) is 26.9. The Bertz CT molecular complexity index is 1470. The average Bonchev–Trinajstić information content (AvgIpc) is 2.98. The molecule has 2 unspecified atom stereocenters. The second-order valence-electron chi connectivity index (χ2n) is 10.9. The number of carbonyl (C=O) groups excluding carboxylic acids is 2. The standard InChI is InChI=1S/C34H40BrN3O5/c1-5-9-22-15-28-32(29(40)16-22)31(26(19-36)21(4)37-28)25-17-27(35)33(30(18-25)42-7-3)43-20-23-10-8-11-24(14-23)34(41)38(6-2)12-13-39/h8,10-11,14,17-18,22,31,37,39H,5-7,9,12-13,15-16,20H2,1-4H3. The number of nitrogens with one attached hydrogen (secondary N) is 1. The van der Waals surface area contributed by atoms with Gasteiger partial charge in [-0.1, -0.05) is 25.5 Å². The average molecular weight is 651 g/mol. The minimum atomic E-state index is -0.496. The van der Waals surface area contributed by atoms with Crippen LogP contribution in [0, 0.1) is 17.2 Å². The summed E-state index contributed by atoms with van der Waals surface area (Å²) >= 11 is 3.68. The Morgan fingerprint density at radius 1 is 1.19 bits per heavy atom. The third-order valence-electron chi connectivity index (χ3n) is 7.99. The summed E-state index contributed by atoms with van der Waals surface area (Å²) in [6.07, 6.45) is 3.29. The number of benzene rings is 2. The third kappa shape index (κ3) is 7.14. The number of likely N-dealkylation sites (N-methyl/N-ethyl adjacent to an activating group) is 1. The highest BCUT2D eigenvalue weighted by Gasteiger charge is 2.39. The van der Waals surface area contributed by atoms with Gasteiger partial charge in [-0.2, -0.15) is 5.26 Å². The minimum absolute atomic E-state index is 0.0851. The number of Topliss-reactive ketones (excluding diaryl/α,β-unsaturated/α-hetero) is 1. The van der Waals surface area contributed by atoms with E-state index in [1.54, 1.807) is 17.0 Å². The highest BCUT2D eigenvalue weighted by Crippen LogP contribution is 2.47. The lowest BCUT2D eigenvalue weighted by Crippen LogP contribution is -2.34. The van der Waals surface area contributed by atoms with Gasteiger partial charge in [0.05, 0.1) is 35.2 Å². The molecule has 2 aliphatic rings. The monoisotopic (exact) mass is 649 g/mol. The fourth-order valence-electron chi connectivity index (χ4n) is 6.03. The number of ether oxygens (including phenoxy) is 2. The maximum Gasteiger partial charge on any atom is 0.253 e. The highest BCUT2D eigenvalue weighted by molar-refractivity contribution is 9.10. The molecule has 2 atom stereocenters. The number of hydrogen-bond donors (Lipinski definition) is 2. The van der Waals surface area contributed by atoms with E-state index in [1.807, 2.05) is 45.0 Å². The maximum atomic E-state index is 13.5. The van der Waals surface area contributed by atoms with E-state index in [-0.39, 0.29) is 31.4 Å². The van der Waals surface area contributed by atoms with E-state index in [2.05, 4.69) is 34.2 Å². The molecule has 1 heterocycles. The van der Waals surface area contributed by atoms with Crippen LogP contribution in [0.2, 0.25) is 0 Å². The Morgan fingerprint density at radius 2 is 1.98 bits per heavy atom. The van der Waals surface area contributed by atoms with Crippen LogP contribution in [0.15, 0.2) is 63.4 Å². The Kier molecular flexibility index (Phi) is 11.1. The largest absolute Gasteiger partial charge is 0.490 e. The van der Waals surface area contributed by atoms with Crippen LogP contribution in [-0.4, -0.2) is 48.0 Å². The van der Waals surface area contributed by atoms with Crippen LogP contribution in [-0.2, 0) is 11.4 Å². The first kappa shape index (κ1) is 32.3. The van der Waals surface area contributed by atoms with E-state index in [0.29, 0.717) is 58.2 Å². The highest BCUT2D eigenvalue weighted by atomic mass is 79.9. The van der Waals surface area contributed by atoms with Crippen molar-refractivity contribution in [1.82, 2.24) is 10.2 Å². The van der Waals surface area contributed by atoms with Gasteiger partial charge in [-0.3, -0.25) is 9.59 Å². The molecule has 0 fully saturated rings. The van der Waals surface area contributed by atoms with Crippen molar-refractivity contribution in [3.05, 3.63) is 80.1 Å². The van der Waals surface area contributed by atoms with Crippen LogP contribution < -0.4 is 14.8 Å². The van der Waals surface area contributed by atoms with Gasteiger partial charge in [0.15, 0.2) is 17.3 Å². The van der Waals surface area contributed by atoms with Gasteiger partial charge in [-0.25, -0.2) is 0 Å². The number of dihydropyridines is 1. The molecule has 0 saturated carbocycles. The Labute approximate surface area is 262 Å². The number of halogens is 1. The van der Waals surface area contributed by atoms with Gasteiger partial charge in [0.2, 0.25) is 0 Å². The fourth-order valence-corrected chi connectivity index (χ4v) is 6.60. The summed E-state index contributed by atoms with van der Waals surface area (Å²) in [6.45, 7) is 9.05. The SMILES string of the molecule is CCCC1CC(=O)C2=C(C1)NC(C)=C(C#N)C2c1cc(Br)c(OCc2cccc(C(=O)N(CC)CCO)c2)c(OCC)c1. The van der Waals surface area contributed by atoms with Crippen LogP contribution in [0.1, 0.15) is 80.8 Å². The number of nitriles is 1. The summed E-state index contributed by atoms with van der Waals surface area (Å²) in [4.78, 5) is 28.0. The number of aliphatic hydroxyl groups is 1. The van der Waals surface area contributed by atoms with E-state index < -0.39 is 5.92 Å². The fraction of sp³-hybridized carbons (Fsp3) is 0.441. The topological polar surface area (TPSA) is 112 Å². The Hall–Kier alpha value is -3.61. The van der Waals surface area contributed by atoms with E-state index in [4.69, 9.17) is 9.47 Å². The zero-order valence-electron chi connectivity index (χ0n) is 25.3. The zero-order chi connectivity index (χ0) is 31.1. The molecule has 0 bridgehead atoms. The number of aliphatic hydroxyl groups excluding tert-OH is 1. The molecule has 228 valence electrons. The molecule has 0 aromatic heterocycles. The molecule has 0 spiro atoms. The number of ketones is 1. The van der Waals surface area contributed by atoms with Crippen molar-refractivity contribution in [2.45, 2.75) is 65.9 Å². The molecule has 1 aliphatic heterocycles. The second kappa shape index (κ2) is 14.7. The van der Waals surface area contributed by atoms with Gasteiger partial charge in [0.25, 0.3) is 5.91 Å². The van der Waals surface area contributed by atoms with Gasteiger partial charge < -0.3 is 24.8 Å². The molecular formula is C34H40BrN3O5. The summed E-state index contributed by atoms with van der Waals surface area (Å²) in [5, 5.41) is 22.8. The number of carbonyl (C=O) groups is 2. The maximum absolute atomic E-state index is 13.5. The van der Waals surface area contributed by atoms with Crippen molar-refractivity contribution in [2.24, 2.45) is 5.92 Å². The summed E-state index contributed by atoms with van der Waals surface area (Å²) in [6, 6.07) is 13.4. The molecule has 0 radical (unpaired) electrons. The van der Waals surface area contributed by atoms with Gasteiger partial charge in [0, 0.05) is 42.0 Å². The van der Waals surface area contributed by atoms with Crippen molar-refractivity contribution in [2.75, 3.05) is 26.3 Å². The van der Waals surface area contributed by atoms with E-state index in [0.717, 1.165) is 41.8 Å². The van der Waals surface area contributed by atoms with E-state index in [1.165, 1.54) is 0 Å². The predicted octanol–water partition coefficient (Wildman–Crippen LogP) is 6.40. The number of hydrogen-bond acceptors (Lipinski definition) is 7. The molecule has 0 saturated heterocycles. The predicted molar refractivity (Wildman–Crippen MR) is 169 cm³/mol. The first-order chi connectivity index (χ1) is 20.8. The molecule has 2 N–H and O–H groups in total. The van der Waals surface area contributed by atoms with Gasteiger partial charge in [-0.15, -0.1) is 0 Å². The molecule has 2 aromatic rings. The Morgan fingerprint density at radius 3 is 2.65 bits per heavy atom. The molecule has 1 aliphatic carbocycles. The number of rotatable bonds is 12. The quantitative estimate of drug-likeness (QED) is 0.274. The summed E-state index contributed by atoms with van der Waals surface area (Å²) in [5.41, 5.74) is 4.98. The van der Waals surface area contributed by atoms with Gasteiger partial charge in [0.1, 0.15) is 6.61 Å². The van der Waals surface area contributed by atoms with Crippen molar-refractivity contribution in [1.29, 1.82) is 5.26 Å². The van der Waals surface area contributed by atoms with Crippen LogP contribution in [0.25, 0.3) is 0 Å². The number of allylic oxidation sites excluding steroid dienone is 4. The molecule has 9 heteroatoms. The van der Waals surface area contributed by atoms with Gasteiger partial charge in [-0.05, 0) is 90.9 Å². The number of nitrogens with zero attached hydrogens (tertiary/aromatic N) is 2. The summed E-state index contributed by atoms with van der Waals surface area (Å²) in [5.74, 6) is 0.742. The van der Waals surface area contributed by atoms with E-state index >= 15 is 0 Å². The lowest BCUT2D eigenvalue weighted by molar-refractivity contribution is -0.117. The van der Waals surface area contributed by atoms with Crippen molar-refractivity contribution in [3.8, 4) is 17.6 Å². The first-order valence-corrected chi connectivity index (χ1v) is 15.8. The molecule has 8 nitrogen and oxygen atoms in total. The van der Waals surface area contributed by atoms with Crippen LogP contribution in [0.3, 0.4) is 0 Å². The van der Waals surface area contributed by atoms with Crippen LogP contribution >= 0.6 is 15.9 Å². The molecule has 43 heavy (non-hydrogen) atoms. The van der Waals surface area contributed by atoms with Crippen molar-refractivity contribution >= 4 is 27.6 Å². The van der Waals surface area contributed by atoms with Crippen molar-refractivity contribution < 1.29 is 24.2 Å². The smallest absolute Gasteiger partial charge is 0.253 e. The molecular weight excluding hydrogens is 610 g/mol.